The van der Waals surface area contributed by atoms with Crippen LogP contribution in [-0.2, 0) is 19.0 Å². The Labute approximate surface area is 139 Å². The minimum atomic E-state index is -3.35. The molecule has 1 aliphatic heterocycles. The van der Waals surface area contributed by atoms with Gasteiger partial charge in [-0.15, -0.1) is 12.4 Å². The van der Waals surface area contributed by atoms with Crippen LogP contribution in [0.5, 0.6) is 0 Å². The molecule has 1 aliphatic rings. The second kappa shape index (κ2) is 8.90. The Kier molecular flexibility index (Phi) is 8.67. The standard InChI is InChI=1S/C13H26N2O5S.ClH/c1-13(2,3)20-12(16)15-9-7-14(8-10-15)6-5-11-19-21(4,17)18;/h5-11H2,1-4H3;1H. The first-order valence-corrected chi connectivity index (χ1v) is 8.93. The lowest BCUT2D eigenvalue weighted by Gasteiger charge is -2.35. The zero-order chi connectivity index (χ0) is 16.1. The highest BCUT2D eigenvalue weighted by Crippen LogP contribution is 2.12. The van der Waals surface area contributed by atoms with Crippen molar-refractivity contribution in [3.63, 3.8) is 0 Å². The summed E-state index contributed by atoms with van der Waals surface area (Å²) in [7, 11) is -3.35. The molecule has 0 radical (unpaired) electrons. The van der Waals surface area contributed by atoms with Crippen LogP contribution in [0.1, 0.15) is 27.2 Å². The molecular formula is C13H27ClN2O5S. The first-order valence-electron chi connectivity index (χ1n) is 7.11. The van der Waals surface area contributed by atoms with Crippen molar-refractivity contribution in [1.29, 1.82) is 0 Å². The van der Waals surface area contributed by atoms with E-state index < -0.39 is 15.7 Å². The maximum atomic E-state index is 11.9. The quantitative estimate of drug-likeness (QED) is 0.545. The van der Waals surface area contributed by atoms with Crippen molar-refractivity contribution < 1.29 is 22.1 Å². The fourth-order valence-electron chi connectivity index (χ4n) is 1.98. The van der Waals surface area contributed by atoms with Crippen LogP contribution in [0, 0.1) is 0 Å². The van der Waals surface area contributed by atoms with Gasteiger partial charge in [0.25, 0.3) is 10.1 Å². The largest absolute Gasteiger partial charge is 0.444 e. The SMILES string of the molecule is CC(C)(C)OC(=O)N1CCN(CCCOS(C)(=O)=O)CC1.Cl. The first kappa shape index (κ1) is 21.4. The highest BCUT2D eigenvalue weighted by atomic mass is 35.5. The second-order valence-corrected chi connectivity index (χ2v) is 7.83. The number of nitrogens with zero attached hydrogens (tertiary/aromatic N) is 2. The summed E-state index contributed by atoms with van der Waals surface area (Å²) in [6.07, 6.45) is 1.43. The van der Waals surface area contributed by atoms with E-state index >= 15 is 0 Å². The molecule has 9 heteroatoms. The maximum absolute atomic E-state index is 11.9. The highest BCUT2D eigenvalue weighted by molar-refractivity contribution is 7.85. The van der Waals surface area contributed by atoms with Gasteiger partial charge in [-0.1, -0.05) is 0 Å². The Hall–Kier alpha value is -0.570. The lowest BCUT2D eigenvalue weighted by Crippen LogP contribution is -2.50. The summed E-state index contributed by atoms with van der Waals surface area (Å²) < 4.78 is 31.7. The highest BCUT2D eigenvalue weighted by Gasteiger charge is 2.25. The van der Waals surface area contributed by atoms with Gasteiger partial charge in [0.2, 0.25) is 0 Å². The molecule has 0 unspecified atom stereocenters. The zero-order valence-electron chi connectivity index (χ0n) is 13.7. The predicted molar refractivity (Wildman–Crippen MR) is 86.9 cm³/mol. The summed E-state index contributed by atoms with van der Waals surface area (Å²) >= 11 is 0. The molecule has 22 heavy (non-hydrogen) atoms. The maximum Gasteiger partial charge on any atom is 0.410 e. The number of hydrogen-bond acceptors (Lipinski definition) is 6. The van der Waals surface area contributed by atoms with Gasteiger partial charge in [0.1, 0.15) is 5.60 Å². The number of ether oxygens (including phenoxy) is 1. The van der Waals surface area contributed by atoms with Crippen LogP contribution < -0.4 is 0 Å². The van der Waals surface area contributed by atoms with Crippen LogP contribution in [0.4, 0.5) is 4.79 Å². The van der Waals surface area contributed by atoms with Crippen LogP contribution >= 0.6 is 12.4 Å². The molecule has 132 valence electrons. The molecule has 0 atom stereocenters. The van der Waals surface area contributed by atoms with E-state index in [2.05, 4.69) is 4.90 Å². The summed E-state index contributed by atoms with van der Waals surface area (Å²) in [5.41, 5.74) is -0.475. The monoisotopic (exact) mass is 358 g/mol. The Morgan fingerprint density at radius 3 is 2.14 bits per heavy atom. The van der Waals surface area contributed by atoms with Crippen molar-refractivity contribution in [3.8, 4) is 0 Å². The Bertz CT molecular complexity index is 442. The molecule has 0 aromatic carbocycles. The number of carbonyl (C=O) groups is 1. The fourth-order valence-corrected chi connectivity index (χ4v) is 2.40. The third-order valence-electron chi connectivity index (χ3n) is 2.94. The number of hydrogen-bond donors (Lipinski definition) is 0. The Morgan fingerprint density at radius 1 is 1.14 bits per heavy atom. The van der Waals surface area contributed by atoms with Crippen LogP contribution in [0.3, 0.4) is 0 Å². The lowest BCUT2D eigenvalue weighted by atomic mass is 10.2. The molecule has 0 N–H and O–H groups in total. The summed E-state index contributed by atoms with van der Waals surface area (Å²) in [4.78, 5) is 15.8. The predicted octanol–water partition coefficient (Wildman–Crippen LogP) is 1.33. The summed E-state index contributed by atoms with van der Waals surface area (Å²) in [5.74, 6) is 0. The molecule has 0 saturated carbocycles. The third-order valence-corrected chi connectivity index (χ3v) is 3.53. The van der Waals surface area contributed by atoms with Gasteiger partial charge >= 0.3 is 6.09 Å². The average Bonchev–Trinajstić information content (AvgIpc) is 2.32. The first-order chi connectivity index (χ1) is 9.57. The van der Waals surface area contributed by atoms with E-state index in [-0.39, 0.29) is 25.1 Å². The zero-order valence-corrected chi connectivity index (χ0v) is 15.3. The molecular weight excluding hydrogens is 332 g/mol. The van der Waals surface area contributed by atoms with Gasteiger partial charge in [0.05, 0.1) is 12.9 Å². The van der Waals surface area contributed by atoms with E-state index in [0.717, 1.165) is 25.9 Å². The number of amides is 1. The van der Waals surface area contributed by atoms with Gasteiger partial charge in [-0.05, 0) is 27.2 Å². The van der Waals surface area contributed by atoms with Crippen molar-refractivity contribution in [3.05, 3.63) is 0 Å². The third kappa shape index (κ3) is 9.45. The van der Waals surface area contributed by atoms with E-state index in [0.29, 0.717) is 19.5 Å². The van der Waals surface area contributed by atoms with Crippen LogP contribution in [0.25, 0.3) is 0 Å². The molecule has 0 aromatic rings. The van der Waals surface area contributed by atoms with E-state index in [4.69, 9.17) is 8.92 Å². The average molecular weight is 359 g/mol. The molecule has 1 fully saturated rings. The molecule has 1 heterocycles. The van der Waals surface area contributed by atoms with Crippen molar-refractivity contribution in [2.24, 2.45) is 0 Å². The van der Waals surface area contributed by atoms with Gasteiger partial charge in [0, 0.05) is 32.7 Å². The van der Waals surface area contributed by atoms with Crippen LogP contribution in [-0.4, -0.2) is 75.5 Å². The van der Waals surface area contributed by atoms with E-state index in [1.807, 2.05) is 20.8 Å². The summed E-state index contributed by atoms with van der Waals surface area (Å²) in [5, 5.41) is 0. The summed E-state index contributed by atoms with van der Waals surface area (Å²) in [6, 6.07) is 0. The van der Waals surface area contributed by atoms with Crippen molar-refractivity contribution >= 4 is 28.6 Å². The van der Waals surface area contributed by atoms with E-state index in [9.17, 15) is 13.2 Å². The molecule has 1 rings (SSSR count). The molecule has 1 saturated heterocycles. The topological polar surface area (TPSA) is 76.2 Å². The number of carbonyl (C=O) groups excluding carboxylic acids is 1. The number of rotatable bonds is 5. The van der Waals surface area contributed by atoms with E-state index in [1.54, 1.807) is 4.90 Å². The molecule has 1 amide bonds. The number of piperazine rings is 1. The molecule has 0 aliphatic carbocycles. The van der Waals surface area contributed by atoms with Crippen LogP contribution in [0.15, 0.2) is 0 Å². The van der Waals surface area contributed by atoms with Crippen molar-refractivity contribution in [2.45, 2.75) is 32.8 Å². The van der Waals surface area contributed by atoms with Gasteiger partial charge in [0.15, 0.2) is 0 Å². The normalized spacial score (nSPS) is 17.0. The second-order valence-electron chi connectivity index (χ2n) is 6.19. The van der Waals surface area contributed by atoms with Gasteiger partial charge in [-0.2, -0.15) is 8.42 Å². The van der Waals surface area contributed by atoms with Gasteiger partial charge in [-0.3, -0.25) is 9.08 Å². The van der Waals surface area contributed by atoms with Crippen molar-refractivity contribution in [1.82, 2.24) is 9.80 Å². The molecule has 7 nitrogen and oxygen atoms in total. The minimum absolute atomic E-state index is 0. The number of halogens is 1. The van der Waals surface area contributed by atoms with Gasteiger partial charge < -0.3 is 9.64 Å². The Balaban J connectivity index is 0.00000441. The molecule has 0 aromatic heterocycles. The van der Waals surface area contributed by atoms with Crippen molar-refractivity contribution in [2.75, 3.05) is 45.6 Å². The fraction of sp³-hybridized carbons (Fsp3) is 0.923. The lowest BCUT2D eigenvalue weighted by molar-refractivity contribution is 0.0142. The van der Waals surface area contributed by atoms with E-state index in [1.165, 1.54) is 0 Å². The summed E-state index contributed by atoms with van der Waals surface area (Å²) in [6.45, 7) is 9.29. The Morgan fingerprint density at radius 2 is 1.68 bits per heavy atom. The molecule has 0 spiro atoms. The smallest absolute Gasteiger partial charge is 0.410 e. The minimum Gasteiger partial charge on any atom is -0.444 e. The van der Waals surface area contributed by atoms with Gasteiger partial charge in [-0.25, -0.2) is 4.79 Å². The van der Waals surface area contributed by atoms with Crippen LogP contribution in [0.2, 0.25) is 0 Å². The molecule has 0 bridgehead atoms.